The number of carbonyl (C=O) groups is 1. The van der Waals surface area contributed by atoms with E-state index >= 15 is 0 Å². The maximum atomic E-state index is 14.4. The summed E-state index contributed by atoms with van der Waals surface area (Å²) in [5.41, 5.74) is -1.20. The van der Waals surface area contributed by atoms with Gasteiger partial charge in [-0.15, -0.1) is 0 Å². The second-order valence-electron chi connectivity index (χ2n) is 7.62. The summed E-state index contributed by atoms with van der Waals surface area (Å²) in [6, 6.07) is 4.74. The van der Waals surface area contributed by atoms with E-state index in [1.165, 1.54) is 6.07 Å². The van der Waals surface area contributed by atoms with Crippen LogP contribution in [0, 0.1) is 18.3 Å². The van der Waals surface area contributed by atoms with Crippen molar-refractivity contribution >= 4 is 5.97 Å². The molecular weight excluding hydrogens is 321 g/mol. The molecular formula is C20H25FNO3-. The molecule has 0 aliphatic heterocycles. The first kappa shape index (κ1) is 19.4. The van der Waals surface area contributed by atoms with Crippen molar-refractivity contribution < 1.29 is 19.4 Å². The Kier molecular flexibility index (Phi) is 5.84. The molecule has 1 saturated carbocycles. The monoisotopic (exact) mass is 346 g/mol. The number of halogens is 1. The molecule has 0 radical (unpaired) electrons. The second-order valence-corrected chi connectivity index (χ2v) is 7.62. The number of hydrogen-bond donors (Lipinski definition) is 1. The van der Waals surface area contributed by atoms with E-state index < -0.39 is 22.9 Å². The number of aliphatic hydroxyl groups is 1. The third-order valence-electron chi connectivity index (χ3n) is 5.38. The molecule has 0 amide bonds. The Balaban J connectivity index is 2.14. The van der Waals surface area contributed by atoms with Crippen LogP contribution in [0.2, 0.25) is 0 Å². The number of hydrogen-bond acceptors (Lipinski definition) is 3. The number of benzene rings is 1. The fourth-order valence-electron chi connectivity index (χ4n) is 3.78. The van der Waals surface area contributed by atoms with Gasteiger partial charge in [0.2, 0.25) is 0 Å². The van der Waals surface area contributed by atoms with Gasteiger partial charge in [-0.25, -0.2) is 11.0 Å². The van der Waals surface area contributed by atoms with Gasteiger partial charge in [0.25, 0.3) is 5.54 Å². The van der Waals surface area contributed by atoms with Gasteiger partial charge >= 0.3 is 0 Å². The topological polar surface area (TPSA) is 64.7 Å². The smallest absolute Gasteiger partial charge is 0.254 e. The van der Waals surface area contributed by atoms with Gasteiger partial charge < -0.3 is 19.9 Å². The summed E-state index contributed by atoms with van der Waals surface area (Å²) in [6.07, 6.45) is 3.88. The predicted molar refractivity (Wildman–Crippen MR) is 90.9 cm³/mol. The molecule has 1 atom stereocenters. The first-order valence-corrected chi connectivity index (χ1v) is 8.78. The maximum absolute atomic E-state index is 14.4. The first-order chi connectivity index (χ1) is 11.7. The zero-order valence-electron chi connectivity index (χ0n) is 14.8. The quantitative estimate of drug-likeness (QED) is 0.772. The van der Waals surface area contributed by atoms with Crippen LogP contribution in [0.3, 0.4) is 0 Å². The third kappa shape index (κ3) is 4.58. The van der Waals surface area contributed by atoms with E-state index in [1.54, 1.807) is 26.0 Å². The van der Waals surface area contributed by atoms with Crippen molar-refractivity contribution in [2.24, 2.45) is 5.92 Å². The Labute approximate surface area is 148 Å². The highest BCUT2D eigenvalue weighted by atomic mass is 19.1. The highest BCUT2D eigenvalue weighted by Gasteiger charge is 2.38. The molecule has 0 saturated heterocycles. The van der Waals surface area contributed by atoms with Crippen LogP contribution in [0.4, 0.5) is 4.39 Å². The Bertz CT molecular complexity index is 674. The van der Waals surface area contributed by atoms with E-state index in [0.29, 0.717) is 17.5 Å². The van der Waals surface area contributed by atoms with Gasteiger partial charge in [-0.05, 0) is 49.3 Å². The molecule has 1 aromatic rings. The van der Waals surface area contributed by atoms with Gasteiger partial charge in [0.15, 0.2) is 0 Å². The van der Waals surface area contributed by atoms with Crippen LogP contribution >= 0.6 is 0 Å². The highest BCUT2D eigenvalue weighted by molar-refractivity contribution is 5.65. The van der Waals surface area contributed by atoms with Gasteiger partial charge in [-0.3, -0.25) is 0 Å². The first-order valence-electron chi connectivity index (χ1n) is 8.78. The Morgan fingerprint density at radius 1 is 1.40 bits per heavy atom. The number of carboxylic acids is 1. The molecule has 1 aromatic carbocycles. The number of carbonyl (C=O) groups excluding carboxylic acids is 1. The van der Waals surface area contributed by atoms with Crippen LogP contribution < -0.4 is 5.11 Å². The molecule has 2 rings (SSSR count). The van der Waals surface area contributed by atoms with Crippen LogP contribution in [0.5, 0.6) is 0 Å². The second kappa shape index (κ2) is 7.53. The standard InChI is InChI=1S/C20H26FNO3/c1-19(2,22-3)16-9-8-14(12-17(16)21)10-11-20(25,13-18(23)24)15-6-4-5-7-15/h8-9,12,15,25H,4-7,10-11,13H2,1-2H3,(H,23,24)/p-1/t20-/m1/s1. The maximum Gasteiger partial charge on any atom is 0.254 e. The van der Waals surface area contributed by atoms with Crippen molar-refractivity contribution in [1.82, 2.24) is 0 Å². The molecule has 1 fully saturated rings. The van der Waals surface area contributed by atoms with Gasteiger partial charge in [0.05, 0.1) is 11.2 Å². The largest absolute Gasteiger partial charge is 0.550 e. The van der Waals surface area contributed by atoms with E-state index in [4.69, 9.17) is 6.57 Å². The predicted octanol–water partition coefficient (Wildman–Crippen LogP) is 2.97. The average molecular weight is 346 g/mol. The van der Waals surface area contributed by atoms with E-state index in [2.05, 4.69) is 4.85 Å². The van der Waals surface area contributed by atoms with Crippen LogP contribution in [0.25, 0.3) is 4.85 Å². The lowest BCUT2D eigenvalue weighted by molar-refractivity contribution is -0.310. The molecule has 0 spiro atoms. The number of carboxylic acid groups (broad SMARTS) is 1. The highest BCUT2D eigenvalue weighted by Crippen LogP contribution is 2.39. The average Bonchev–Trinajstić information content (AvgIpc) is 3.07. The molecule has 0 aromatic heterocycles. The molecule has 25 heavy (non-hydrogen) atoms. The van der Waals surface area contributed by atoms with E-state index in [1.807, 2.05) is 0 Å². The Hall–Kier alpha value is -1.93. The summed E-state index contributed by atoms with van der Waals surface area (Å²) in [5.74, 6) is -1.74. The van der Waals surface area contributed by atoms with Crippen molar-refractivity contribution in [3.05, 3.63) is 46.6 Å². The van der Waals surface area contributed by atoms with Crippen LogP contribution in [0.1, 0.15) is 63.5 Å². The molecule has 1 N–H and O–H groups in total. The lowest BCUT2D eigenvalue weighted by Gasteiger charge is -2.35. The lowest BCUT2D eigenvalue weighted by atomic mass is 9.79. The van der Waals surface area contributed by atoms with Crippen LogP contribution in [0.15, 0.2) is 18.2 Å². The minimum absolute atomic E-state index is 0.0458. The van der Waals surface area contributed by atoms with Gasteiger partial charge in [0, 0.05) is 26.2 Å². The molecule has 0 heterocycles. The summed E-state index contributed by atoms with van der Waals surface area (Å²) < 4.78 is 14.4. The molecule has 1 aliphatic carbocycles. The van der Waals surface area contributed by atoms with Gasteiger partial charge in [-0.1, -0.05) is 18.9 Å². The number of rotatable bonds is 7. The van der Waals surface area contributed by atoms with Crippen molar-refractivity contribution in [3.63, 3.8) is 0 Å². The molecule has 4 nitrogen and oxygen atoms in total. The minimum atomic E-state index is -1.31. The number of aliphatic carboxylic acids is 1. The van der Waals surface area contributed by atoms with Crippen molar-refractivity contribution in [3.8, 4) is 0 Å². The fraction of sp³-hybridized carbons (Fsp3) is 0.600. The zero-order valence-corrected chi connectivity index (χ0v) is 14.8. The summed E-state index contributed by atoms with van der Waals surface area (Å²) in [7, 11) is 0. The molecule has 136 valence electrons. The lowest BCUT2D eigenvalue weighted by Crippen LogP contribution is -2.43. The van der Waals surface area contributed by atoms with Crippen molar-refractivity contribution in [2.75, 3.05) is 0 Å². The summed E-state index contributed by atoms with van der Waals surface area (Å²) in [4.78, 5) is 14.5. The number of aryl methyl sites for hydroxylation is 1. The third-order valence-corrected chi connectivity index (χ3v) is 5.38. The van der Waals surface area contributed by atoms with Crippen molar-refractivity contribution in [1.29, 1.82) is 0 Å². The van der Waals surface area contributed by atoms with E-state index in [-0.39, 0.29) is 18.8 Å². The minimum Gasteiger partial charge on any atom is -0.550 e. The summed E-state index contributed by atoms with van der Waals surface area (Å²) in [6.45, 7) is 10.5. The SMILES string of the molecule is [C-]#[N+]C(C)(C)c1ccc(CC[C@@](O)(CC(=O)[O-])C2CCCC2)cc1F. The van der Waals surface area contributed by atoms with E-state index in [0.717, 1.165) is 25.7 Å². The van der Waals surface area contributed by atoms with Gasteiger partial charge in [-0.2, -0.15) is 0 Å². The van der Waals surface area contributed by atoms with Crippen LogP contribution in [-0.2, 0) is 16.8 Å². The Morgan fingerprint density at radius 3 is 2.56 bits per heavy atom. The van der Waals surface area contributed by atoms with Crippen LogP contribution in [-0.4, -0.2) is 16.7 Å². The summed E-state index contributed by atoms with van der Waals surface area (Å²) in [5, 5.41) is 21.9. The molecule has 5 heteroatoms. The van der Waals surface area contributed by atoms with Crippen molar-refractivity contribution in [2.45, 2.75) is 69.9 Å². The molecule has 0 bridgehead atoms. The number of nitrogens with zero attached hydrogens (tertiary/aromatic N) is 1. The van der Waals surface area contributed by atoms with E-state index in [9.17, 15) is 19.4 Å². The fourth-order valence-corrected chi connectivity index (χ4v) is 3.78. The normalized spacial score (nSPS) is 17.9. The van der Waals surface area contributed by atoms with Gasteiger partial charge in [0.1, 0.15) is 5.82 Å². The zero-order chi connectivity index (χ0) is 18.7. The summed E-state index contributed by atoms with van der Waals surface area (Å²) >= 11 is 0. The molecule has 0 unspecified atom stereocenters. The molecule has 1 aliphatic rings. The Morgan fingerprint density at radius 2 is 2.04 bits per heavy atom.